The number of hydrogen-bond acceptors (Lipinski definition) is 5. The SMILES string of the molecule is CCCCC[C@@](C)(CC[C@H]1C(OC2CCCCO2)C[C@H](O)[C@@H]1CCCCCCC(=O)O)O[Si](C)(C)C(C)(C)C. The Morgan fingerprint density at radius 1 is 0.949 bits per heavy atom. The van der Waals surface area contributed by atoms with Gasteiger partial charge in [0, 0.05) is 19.4 Å². The smallest absolute Gasteiger partial charge is 0.303 e. The summed E-state index contributed by atoms with van der Waals surface area (Å²) in [5.74, 6) is -0.211. The minimum Gasteiger partial charge on any atom is -0.481 e. The van der Waals surface area contributed by atoms with Crippen LogP contribution in [0.1, 0.15) is 137 Å². The number of carbonyl (C=O) groups is 1. The number of rotatable bonds is 18. The summed E-state index contributed by atoms with van der Waals surface area (Å²) in [6.45, 7) is 17.0. The van der Waals surface area contributed by atoms with Crippen molar-refractivity contribution in [2.75, 3.05) is 6.61 Å². The summed E-state index contributed by atoms with van der Waals surface area (Å²) < 4.78 is 19.7. The van der Waals surface area contributed by atoms with Crippen LogP contribution in [0.5, 0.6) is 0 Å². The van der Waals surface area contributed by atoms with E-state index in [9.17, 15) is 9.90 Å². The first-order valence-corrected chi connectivity index (χ1v) is 19.1. The lowest BCUT2D eigenvalue weighted by Crippen LogP contribution is -2.49. The molecule has 0 bridgehead atoms. The molecule has 6 atom stereocenters. The minimum atomic E-state index is -1.94. The molecule has 39 heavy (non-hydrogen) atoms. The maximum Gasteiger partial charge on any atom is 0.303 e. The third-order valence-electron chi connectivity index (χ3n) is 9.76. The van der Waals surface area contributed by atoms with Gasteiger partial charge in [-0.3, -0.25) is 4.79 Å². The molecule has 230 valence electrons. The molecule has 2 unspecified atom stereocenters. The van der Waals surface area contributed by atoms with Gasteiger partial charge in [-0.2, -0.15) is 0 Å². The average molecular weight is 571 g/mol. The Morgan fingerprint density at radius 3 is 2.28 bits per heavy atom. The van der Waals surface area contributed by atoms with Gasteiger partial charge in [-0.1, -0.05) is 66.2 Å². The van der Waals surface area contributed by atoms with Crippen LogP contribution in [0.3, 0.4) is 0 Å². The second-order valence-electron chi connectivity index (χ2n) is 14.3. The summed E-state index contributed by atoms with van der Waals surface area (Å²) in [4.78, 5) is 10.8. The van der Waals surface area contributed by atoms with Crippen LogP contribution >= 0.6 is 0 Å². The number of carboxylic acid groups (broad SMARTS) is 1. The van der Waals surface area contributed by atoms with Crippen LogP contribution in [-0.4, -0.2) is 55.2 Å². The molecule has 2 fully saturated rings. The number of aliphatic carboxylic acids is 1. The Labute approximate surface area is 241 Å². The molecule has 0 aromatic heterocycles. The molecule has 0 aromatic carbocycles. The van der Waals surface area contributed by atoms with Gasteiger partial charge in [-0.25, -0.2) is 0 Å². The van der Waals surface area contributed by atoms with Crippen molar-refractivity contribution in [3.05, 3.63) is 0 Å². The first-order chi connectivity index (χ1) is 18.3. The fourth-order valence-electron chi connectivity index (χ4n) is 6.35. The molecule has 2 rings (SSSR count). The predicted molar refractivity (Wildman–Crippen MR) is 161 cm³/mol. The molecule has 6 nitrogen and oxygen atoms in total. The topological polar surface area (TPSA) is 85.2 Å². The molecule has 2 aliphatic rings. The lowest BCUT2D eigenvalue weighted by atomic mass is 9.81. The van der Waals surface area contributed by atoms with Crippen molar-refractivity contribution in [3.8, 4) is 0 Å². The summed E-state index contributed by atoms with van der Waals surface area (Å²) in [7, 11) is -1.94. The van der Waals surface area contributed by atoms with E-state index in [0.717, 1.165) is 77.2 Å². The first-order valence-electron chi connectivity index (χ1n) is 16.1. The van der Waals surface area contributed by atoms with E-state index in [0.29, 0.717) is 6.42 Å². The number of hydrogen-bond donors (Lipinski definition) is 2. The van der Waals surface area contributed by atoms with Crippen LogP contribution < -0.4 is 0 Å². The Hall–Kier alpha value is -0.473. The van der Waals surface area contributed by atoms with Gasteiger partial charge in [0.05, 0.1) is 17.8 Å². The lowest BCUT2D eigenvalue weighted by molar-refractivity contribution is -0.197. The summed E-state index contributed by atoms with van der Waals surface area (Å²) in [6.07, 6.45) is 15.0. The monoisotopic (exact) mass is 570 g/mol. The van der Waals surface area contributed by atoms with Crippen molar-refractivity contribution in [2.45, 2.75) is 180 Å². The quantitative estimate of drug-likeness (QED) is 0.127. The van der Waals surface area contributed by atoms with Crippen LogP contribution in [0.4, 0.5) is 0 Å². The first kappa shape index (κ1) is 34.7. The van der Waals surface area contributed by atoms with Crippen LogP contribution in [0.25, 0.3) is 0 Å². The molecule has 1 heterocycles. The van der Waals surface area contributed by atoms with E-state index in [1.807, 2.05) is 0 Å². The van der Waals surface area contributed by atoms with Crippen LogP contribution in [0, 0.1) is 11.8 Å². The van der Waals surface area contributed by atoms with E-state index in [2.05, 4.69) is 47.7 Å². The molecule has 0 amide bonds. The standard InChI is InChI=1S/C32H62O6Si/c1-8-9-15-21-32(5,38-39(6,7)31(2,3)4)22-20-26-25(17-12-10-11-13-18-29(34)35)27(33)24-28(26)37-30-19-14-16-23-36-30/h25-28,30,33H,8-24H2,1-7H3,(H,34,35)/t25-,26-,27+,28?,30?,32+/m1/s1. The number of aliphatic hydroxyl groups excluding tert-OH is 1. The maximum atomic E-state index is 11.2. The van der Waals surface area contributed by atoms with E-state index in [4.69, 9.17) is 19.0 Å². The zero-order valence-corrected chi connectivity index (χ0v) is 27.4. The molecule has 0 spiro atoms. The van der Waals surface area contributed by atoms with Gasteiger partial charge in [-0.15, -0.1) is 0 Å². The molecule has 0 aromatic rings. The molecule has 1 aliphatic heterocycles. The van der Waals surface area contributed by atoms with Gasteiger partial charge in [0.15, 0.2) is 14.6 Å². The summed E-state index contributed by atoms with van der Waals surface area (Å²) in [5.41, 5.74) is -0.168. The molecule has 1 aliphatic carbocycles. The molecule has 7 heteroatoms. The van der Waals surface area contributed by atoms with Crippen LogP contribution in [0.2, 0.25) is 18.1 Å². The molecular formula is C32H62O6Si. The van der Waals surface area contributed by atoms with Crippen LogP contribution in [0.15, 0.2) is 0 Å². The zero-order chi connectivity index (χ0) is 29.1. The minimum absolute atomic E-state index is 0.0212. The second kappa shape index (κ2) is 16.2. The summed E-state index contributed by atoms with van der Waals surface area (Å²) >= 11 is 0. The van der Waals surface area contributed by atoms with Crippen molar-refractivity contribution in [1.82, 2.24) is 0 Å². The fourth-order valence-corrected chi connectivity index (χ4v) is 8.09. The largest absolute Gasteiger partial charge is 0.481 e. The number of carboxylic acids is 1. The van der Waals surface area contributed by atoms with E-state index in [-0.39, 0.29) is 47.4 Å². The zero-order valence-electron chi connectivity index (χ0n) is 26.4. The molecule has 2 N–H and O–H groups in total. The highest BCUT2D eigenvalue weighted by molar-refractivity contribution is 6.74. The van der Waals surface area contributed by atoms with Crippen molar-refractivity contribution in [1.29, 1.82) is 0 Å². The molecular weight excluding hydrogens is 508 g/mol. The van der Waals surface area contributed by atoms with Crippen molar-refractivity contribution in [2.24, 2.45) is 11.8 Å². The average Bonchev–Trinajstić information content (AvgIpc) is 3.13. The van der Waals surface area contributed by atoms with Gasteiger partial charge in [0.2, 0.25) is 0 Å². The second-order valence-corrected chi connectivity index (χ2v) is 19.0. The third kappa shape index (κ3) is 11.7. The highest BCUT2D eigenvalue weighted by atomic mass is 28.4. The van der Waals surface area contributed by atoms with Crippen molar-refractivity contribution < 1.29 is 28.9 Å². The summed E-state index contributed by atoms with van der Waals surface area (Å²) in [6, 6.07) is 0. The normalized spacial score (nSPS) is 27.9. The van der Waals surface area contributed by atoms with E-state index >= 15 is 0 Å². The highest BCUT2D eigenvalue weighted by Crippen LogP contribution is 2.45. The third-order valence-corrected chi connectivity index (χ3v) is 14.4. The van der Waals surface area contributed by atoms with Gasteiger partial charge >= 0.3 is 5.97 Å². The number of aliphatic hydroxyl groups is 1. The number of ether oxygens (including phenoxy) is 2. The van der Waals surface area contributed by atoms with Gasteiger partial charge in [0.25, 0.3) is 0 Å². The van der Waals surface area contributed by atoms with E-state index in [1.54, 1.807) is 0 Å². The Kier molecular flexibility index (Phi) is 14.5. The van der Waals surface area contributed by atoms with Crippen molar-refractivity contribution in [3.63, 3.8) is 0 Å². The molecule has 1 saturated heterocycles. The fraction of sp³-hybridized carbons (Fsp3) is 0.969. The van der Waals surface area contributed by atoms with E-state index in [1.165, 1.54) is 19.3 Å². The Bertz CT molecular complexity index is 701. The Morgan fingerprint density at radius 2 is 1.67 bits per heavy atom. The van der Waals surface area contributed by atoms with Gasteiger partial charge in [-0.05, 0) is 88.3 Å². The molecule has 0 radical (unpaired) electrons. The van der Waals surface area contributed by atoms with Crippen LogP contribution in [-0.2, 0) is 18.7 Å². The van der Waals surface area contributed by atoms with E-state index < -0.39 is 14.3 Å². The molecule has 1 saturated carbocycles. The number of unbranched alkanes of at least 4 members (excludes halogenated alkanes) is 5. The lowest BCUT2D eigenvalue weighted by Gasteiger charge is -2.45. The maximum absolute atomic E-state index is 11.2. The highest BCUT2D eigenvalue weighted by Gasteiger charge is 2.46. The Balaban J connectivity index is 2.12. The van der Waals surface area contributed by atoms with Gasteiger partial charge < -0.3 is 24.1 Å². The predicted octanol–water partition coefficient (Wildman–Crippen LogP) is 8.46. The van der Waals surface area contributed by atoms with Gasteiger partial charge in [0.1, 0.15) is 0 Å². The summed E-state index contributed by atoms with van der Waals surface area (Å²) in [5, 5.41) is 20.3. The van der Waals surface area contributed by atoms with Crippen molar-refractivity contribution >= 4 is 14.3 Å².